The minimum Gasteiger partial charge on any atom is -0.505 e. The fraction of sp³-hybridized carbons (Fsp3) is 0.400. The fourth-order valence-electron chi connectivity index (χ4n) is 3.89. The zero-order valence-electron chi connectivity index (χ0n) is 14.2. The Morgan fingerprint density at radius 1 is 1.16 bits per heavy atom. The minimum atomic E-state index is -0.0959. The Kier molecular flexibility index (Phi) is 4.73. The predicted octanol–water partition coefficient (Wildman–Crippen LogP) is 4.66. The standard InChI is InChI=1S/C20H22ClN3O/c21-16-13-15(20(25)18-14(16)7-6-10-23-18)19(17-8-2-3-9-22-17)24-11-4-1-5-12-24/h2-3,8-10,13,19,25H,1,4-7,11-12H2. The number of halogens is 1. The van der Waals surface area contributed by atoms with Crippen molar-refractivity contribution in [2.24, 2.45) is 4.99 Å². The third-order valence-corrected chi connectivity index (χ3v) is 5.45. The van der Waals surface area contributed by atoms with Crippen LogP contribution < -0.4 is 0 Å². The SMILES string of the molecule is Oc1c(C(c2ccccn2)N2CCCCC2)cc(Cl)c2c1N=CCC2. The van der Waals surface area contributed by atoms with E-state index in [-0.39, 0.29) is 11.8 Å². The molecule has 130 valence electrons. The molecule has 1 N–H and O–H groups in total. The van der Waals surface area contributed by atoms with E-state index in [2.05, 4.69) is 14.9 Å². The van der Waals surface area contributed by atoms with Gasteiger partial charge < -0.3 is 5.11 Å². The van der Waals surface area contributed by atoms with Gasteiger partial charge in [0.25, 0.3) is 0 Å². The van der Waals surface area contributed by atoms with Gasteiger partial charge >= 0.3 is 0 Å². The van der Waals surface area contributed by atoms with Gasteiger partial charge in [-0.25, -0.2) is 0 Å². The third kappa shape index (κ3) is 3.16. The van der Waals surface area contributed by atoms with E-state index in [0.717, 1.165) is 42.8 Å². The van der Waals surface area contributed by atoms with Crippen LogP contribution in [0.25, 0.3) is 0 Å². The molecule has 25 heavy (non-hydrogen) atoms. The fourth-order valence-corrected chi connectivity index (χ4v) is 4.19. The summed E-state index contributed by atoms with van der Waals surface area (Å²) in [5.41, 5.74) is 3.33. The molecule has 4 rings (SSSR count). The molecule has 0 amide bonds. The molecule has 0 spiro atoms. The van der Waals surface area contributed by atoms with Crippen LogP contribution in [0.1, 0.15) is 48.5 Å². The first-order valence-electron chi connectivity index (χ1n) is 8.97. The molecule has 0 aliphatic carbocycles. The van der Waals surface area contributed by atoms with Crippen molar-refractivity contribution in [1.82, 2.24) is 9.88 Å². The second kappa shape index (κ2) is 7.14. The van der Waals surface area contributed by atoms with Crippen LogP contribution in [0.3, 0.4) is 0 Å². The van der Waals surface area contributed by atoms with Gasteiger partial charge in [-0.2, -0.15) is 0 Å². The number of rotatable bonds is 3. The number of aromatic nitrogens is 1. The Bertz CT molecular complexity index is 785. The number of aromatic hydroxyl groups is 1. The highest BCUT2D eigenvalue weighted by Gasteiger charge is 2.30. The molecule has 1 aromatic heterocycles. The number of fused-ring (bicyclic) bond motifs is 1. The normalized spacial score (nSPS) is 18.8. The van der Waals surface area contributed by atoms with Gasteiger partial charge in [-0.15, -0.1) is 0 Å². The lowest BCUT2D eigenvalue weighted by molar-refractivity contribution is 0.182. The van der Waals surface area contributed by atoms with Crippen molar-refractivity contribution in [2.45, 2.75) is 38.1 Å². The van der Waals surface area contributed by atoms with E-state index in [1.54, 1.807) is 0 Å². The number of piperidine rings is 1. The summed E-state index contributed by atoms with van der Waals surface area (Å²) in [6, 6.07) is 7.76. The number of phenols is 1. The third-order valence-electron chi connectivity index (χ3n) is 5.12. The van der Waals surface area contributed by atoms with E-state index in [9.17, 15) is 5.11 Å². The van der Waals surface area contributed by atoms with Crippen LogP contribution in [0.5, 0.6) is 5.75 Å². The van der Waals surface area contributed by atoms with Crippen molar-refractivity contribution in [1.29, 1.82) is 0 Å². The molecule has 1 saturated heterocycles. The zero-order chi connectivity index (χ0) is 17.2. The van der Waals surface area contributed by atoms with Gasteiger partial charge in [0.15, 0.2) is 0 Å². The maximum Gasteiger partial charge on any atom is 0.146 e. The first-order chi connectivity index (χ1) is 12.3. The molecule has 0 saturated carbocycles. The van der Waals surface area contributed by atoms with E-state index in [0.29, 0.717) is 10.7 Å². The highest BCUT2D eigenvalue weighted by atomic mass is 35.5. The van der Waals surface area contributed by atoms with Gasteiger partial charge in [-0.05, 0) is 57.0 Å². The quantitative estimate of drug-likeness (QED) is 0.870. The minimum absolute atomic E-state index is 0.0959. The molecule has 2 aliphatic heterocycles. The number of phenolic OH excluding ortho intramolecular Hbond substituents is 1. The highest BCUT2D eigenvalue weighted by Crippen LogP contribution is 2.46. The average molecular weight is 356 g/mol. The molecule has 1 aromatic carbocycles. The van der Waals surface area contributed by atoms with Gasteiger partial charge in [-0.3, -0.25) is 14.9 Å². The van der Waals surface area contributed by atoms with Crippen LogP contribution >= 0.6 is 11.6 Å². The van der Waals surface area contributed by atoms with Crippen molar-refractivity contribution in [3.05, 3.63) is 52.3 Å². The van der Waals surface area contributed by atoms with Crippen molar-refractivity contribution in [3.63, 3.8) is 0 Å². The summed E-state index contributed by atoms with van der Waals surface area (Å²) in [5.74, 6) is 0.247. The summed E-state index contributed by atoms with van der Waals surface area (Å²) < 4.78 is 0. The first-order valence-corrected chi connectivity index (χ1v) is 9.35. The molecule has 0 bridgehead atoms. The second-order valence-electron chi connectivity index (χ2n) is 6.73. The molecular weight excluding hydrogens is 334 g/mol. The van der Waals surface area contributed by atoms with E-state index < -0.39 is 0 Å². The number of benzene rings is 1. The topological polar surface area (TPSA) is 48.7 Å². The summed E-state index contributed by atoms with van der Waals surface area (Å²) in [7, 11) is 0. The molecule has 1 unspecified atom stereocenters. The largest absolute Gasteiger partial charge is 0.505 e. The molecule has 2 aliphatic rings. The predicted molar refractivity (Wildman–Crippen MR) is 101 cm³/mol. The number of aliphatic imine (C=N–C) groups is 1. The first kappa shape index (κ1) is 16.6. The molecule has 3 heterocycles. The lowest BCUT2D eigenvalue weighted by Gasteiger charge is -2.35. The maximum atomic E-state index is 11.0. The molecule has 1 fully saturated rings. The average Bonchev–Trinajstić information content (AvgIpc) is 2.68. The Morgan fingerprint density at radius 3 is 2.76 bits per heavy atom. The Balaban J connectivity index is 1.85. The summed E-state index contributed by atoms with van der Waals surface area (Å²) in [6.45, 7) is 2.00. The molecule has 5 heteroatoms. The maximum absolute atomic E-state index is 11.0. The molecular formula is C20H22ClN3O. The molecule has 2 aromatic rings. The summed E-state index contributed by atoms with van der Waals surface area (Å²) in [5, 5.41) is 11.7. The summed E-state index contributed by atoms with van der Waals surface area (Å²) >= 11 is 6.57. The van der Waals surface area contributed by atoms with E-state index >= 15 is 0 Å². The van der Waals surface area contributed by atoms with E-state index in [1.807, 2.05) is 36.7 Å². The number of pyridine rings is 1. The Labute approximate surface area is 153 Å². The van der Waals surface area contributed by atoms with Crippen molar-refractivity contribution in [2.75, 3.05) is 13.1 Å². The van der Waals surface area contributed by atoms with Crippen LogP contribution in [0, 0.1) is 0 Å². The van der Waals surface area contributed by atoms with Crippen LogP contribution in [0.4, 0.5) is 5.69 Å². The second-order valence-corrected chi connectivity index (χ2v) is 7.13. The van der Waals surface area contributed by atoms with Gasteiger partial charge in [0, 0.05) is 28.6 Å². The van der Waals surface area contributed by atoms with Gasteiger partial charge in [0.05, 0.1) is 11.7 Å². The van der Waals surface area contributed by atoms with E-state index in [1.165, 1.54) is 19.3 Å². The molecule has 1 atom stereocenters. The van der Waals surface area contributed by atoms with Crippen molar-refractivity contribution >= 4 is 23.5 Å². The van der Waals surface area contributed by atoms with Crippen molar-refractivity contribution in [3.8, 4) is 5.75 Å². The number of hydrogen-bond acceptors (Lipinski definition) is 4. The number of likely N-dealkylation sites (tertiary alicyclic amines) is 1. The lowest BCUT2D eigenvalue weighted by atomic mass is 9.93. The Morgan fingerprint density at radius 2 is 2.00 bits per heavy atom. The highest BCUT2D eigenvalue weighted by molar-refractivity contribution is 6.32. The lowest BCUT2D eigenvalue weighted by Crippen LogP contribution is -2.35. The van der Waals surface area contributed by atoms with E-state index in [4.69, 9.17) is 11.6 Å². The summed E-state index contributed by atoms with van der Waals surface area (Å²) in [6.07, 6.45) is 8.94. The molecule has 0 radical (unpaired) electrons. The van der Waals surface area contributed by atoms with Crippen LogP contribution in [0.15, 0.2) is 35.5 Å². The smallest absolute Gasteiger partial charge is 0.146 e. The van der Waals surface area contributed by atoms with Crippen LogP contribution in [-0.4, -0.2) is 34.3 Å². The zero-order valence-corrected chi connectivity index (χ0v) is 14.9. The Hall–Kier alpha value is -1.91. The van der Waals surface area contributed by atoms with Crippen molar-refractivity contribution < 1.29 is 5.11 Å². The summed E-state index contributed by atoms with van der Waals surface area (Å²) in [4.78, 5) is 11.4. The van der Waals surface area contributed by atoms with Crippen LogP contribution in [-0.2, 0) is 6.42 Å². The van der Waals surface area contributed by atoms with Gasteiger partial charge in [0.2, 0.25) is 0 Å². The number of hydrogen-bond donors (Lipinski definition) is 1. The number of nitrogens with zero attached hydrogens (tertiary/aromatic N) is 3. The van der Waals surface area contributed by atoms with Gasteiger partial charge in [0.1, 0.15) is 11.4 Å². The molecule has 4 nitrogen and oxygen atoms in total. The van der Waals surface area contributed by atoms with Crippen LogP contribution in [0.2, 0.25) is 5.02 Å². The monoisotopic (exact) mass is 355 g/mol. The van der Waals surface area contributed by atoms with Gasteiger partial charge in [-0.1, -0.05) is 24.1 Å².